The van der Waals surface area contributed by atoms with E-state index in [0.29, 0.717) is 45.7 Å². The van der Waals surface area contributed by atoms with Crippen LogP contribution in [0.4, 0.5) is 18.9 Å². The van der Waals surface area contributed by atoms with E-state index in [4.69, 9.17) is 11.6 Å². The summed E-state index contributed by atoms with van der Waals surface area (Å²) >= 11 is 5.94. The van der Waals surface area contributed by atoms with Crippen molar-refractivity contribution < 1.29 is 21.6 Å². The van der Waals surface area contributed by atoms with E-state index in [1.165, 1.54) is 4.57 Å². The van der Waals surface area contributed by atoms with Crippen molar-refractivity contribution in [2.45, 2.75) is 31.6 Å². The minimum Gasteiger partial charge on any atom is -0.382 e. The second-order valence-electron chi connectivity index (χ2n) is 7.55. The quantitative estimate of drug-likeness (QED) is 0.563. The van der Waals surface area contributed by atoms with Crippen LogP contribution in [0.3, 0.4) is 0 Å². The summed E-state index contributed by atoms with van der Waals surface area (Å²) in [7, 11) is -2.99. The van der Waals surface area contributed by atoms with E-state index in [9.17, 15) is 21.6 Å². The zero-order valence-electron chi connectivity index (χ0n) is 15.9. The first kappa shape index (κ1) is 21.1. The van der Waals surface area contributed by atoms with Crippen LogP contribution in [0.5, 0.6) is 0 Å². The van der Waals surface area contributed by atoms with E-state index in [-0.39, 0.29) is 17.5 Å². The highest BCUT2D eigenvalue weighted by atomic mass is 35.5. The molecule has 2 heterocycles. The van der Waals surface area contributed by atoms with Gasteiger partial charge in [-0.1, -0.05) is 29.8 Å². The number of aromatic nitrogens is 1. The molecule has 1 aliphatic heterocycles. The number of sulfone groups is 1. The lowest BCUT2D eigenvalue weighted by Crippen LogP contribution is -2.32. The van der Waals surface area contributed by atoms with Crippen LogP contribution < -0.4 is 5.32 Å². The average Bonchev–Trinajstić information content (AvgIpc) is 3.02. The molecular weight excluding hydrogens is 437 g/mol. The molecule has 0 atom stereocenters. The van der Waals surface area contributed by atoms with Crippen molar-refractivity contribution in [2.75, 3.05) is 16.8 Å². The Hall–Kier alpha value is -2.19. The molecule has 0 aliphatic carbocycles. The fourth-order valence-electron chi connectivity index (χ4n) is 3.87. The molecule has 1 aromatic heterocycles. The number of alkyl halides is 3. The molecule has 30 heavy (non-hydrogen) atoms. The lowest BCUT2D eigenvalue weighted by Gasteiger charge is -2.24. The average molecular weight is 457 g/mol. The van der Waals surface area contributed by atoms with Gasteiger partial charge in [0.1, 0.15) is 16.4 Å². The Bertz CT molecular complexity index is 1160. The molecule has 9 heteroatoms. The molecule has 0 radical (unpaired) electrons. The minimum absolute atomic E-state index is 0.0379. The molecule has 1 aliphatic rings. The maximum Gasteiger partial charge on any atom is 0.406 e. The SMILES string of the molecule is O=S1(=O)CCC(Nc2cccc3c2cc(-c2ccc(Cl)cc2)n3CC(F)(F)F)CC1. The molecule has 1 N–H and O–H groups in total. The van der Waals surface area contributed by atoms with Crippen LogP contribution in [0.1, 0.15) is 12.8 Å². The number of hydrogen-bond donors (Lipinski definition) is 1. The molecule has 3 aromatic rings. The van der Waals surface area contributed by atoms with E-state index in [2.05, 4.69) is 5.32 Å². The molecule has 0 bridgehead atoms. The van der Waals surface area contributed by atoms with Gasteiger partial charge in [0.2, 0.25) is 0 Å². The Balaban J connectivity index is 1.77. The van der Waals surface area contributed by atoms with Gasteiger partial charge in [-0.15, -0.1) is 0 Å². The fraction of sp³-hybridized carbons (Fsp3) is 0.333. The highest BCUT2D eigenvalue weighted by Gasteiger charge is 2.30. The van der Waals surface area contributed by atoms with E-state index in [0.717, 1.165) is 0 Å². The van der Waals surface area contributed by atoms with E-state index in [1.807, 2.05) is 6.07 Å². The van der Waals surface area contributed by atoms with Crippen molar-refractivity contribution in [1.82, 2.24) is 4.57 Å². The summed E-state index contributed by atoms with van der Waals surface area (Å²) in [5.74, 6) is 0.234. The van der Waals surface area contributed by atoms with Gasteiger partial charge < -0.3 is 9.88 Å². The summed E-state index contributed by atoms with van der Waals surface area (Å²) in [5, 5.41) is 4.52. The normalized spacial score (nSPS) is 17.3. The monoisotopic (exact) mass is 456 g/mol. The predicted molar refractivity (Wildman–Crippen MR) is 114 cm³/mol. The Labute approximate surface area is 177 Å². The first-order valence-corrected chi connectivity index (χ1v) is 11.7. The fourth-order valence-corrected chi connectivity index (χ4v) is 5.49. The van der Waals surface area contributed by atoms with Crippen LogP contribution in [0.15, 0.2) is 48.5 Å². The van der Waals surface area contributed by atoms with Crippen molar-refractivity contribution in [3.8, 4) is 11.3 Å². The van der Waals surface area contributed by atoms with Gasteiger partial charge in [0.25, 0.3) is 0 Å². The first-order valence-electron chi connectivity index (χ1n) is 9.53. The number of hydrogen-bond acceptors (Lipinski definition) is 3. The van der Waals surface area contributed by atoms with Crippen LogP contribution in [0, 0.1) is 0 Å². The van der Waals surface area contributed by atoms with E-state index < -0.39 is 22.6 Å². The lowest BCUT2D eigenvalue weighted by atomic mass is 10.1. The van der Waals surface area contributed by atoms with Gasteiger partial charge in [-0.3, -0.25) is 0 Å². The van der Waals surface area contributed by atoms with E-state index >= 15 is 0 Å². The third-order valence-electron chi connectivity index (χ3n) is 5.34. The van der Waals surface area contributed by atoms with Gasteiger partial charge in [-0.05, 0) is 48.7 Å². The second kappa shape index (κ2) is 7.81. The Kier molecular flexibility index (Phi) is 5.48. The Morgan fingerprint density at radius 3 is 2.37 bits per heavy atom. The summed E-state index contributed by atoms with van der Waals surface area (Å²) in [6, 6.07) is 13.6. The molecule has 160 valence electrons. The van der Waals surface area contributed by atoms with Gasteiger partial charge in [0.15, 0.2) is 0 Å². The van der Waals surface area contributed by atoms with Crippen LogP contribution in [0.2, 0.25) is 5.02 Å². The topological polar surface area (TPSA) is 51.1 Å². The number of benzene rings is 2. The van der Waals surface area contributed by atoms with Crippen LogP contribution >= 0.6 is 11.6 Å². The van der Waals surface area contributed by atoms with E-state index in [1.54, 1.807) is 42.5 Å². The molecule has 0 unspecified atom stereocenters. The molecule has 2 aromatic carbocycles. The van der Waals surface area contributed by atoms with Gasteiger partial charge >= 0.3 is 6.18 Å². The van der Waals surface area contributed by atoms with Crippen molar-refractivity contribution in [3.63, 3.8) is 0 Å². The van der Waals surface area contributed by atoms with Crippen LogP contribution in [-0.4, -0.2) is 36.7 Å². The van der Waals surface area contributed by atoms with Crippen molar-refractivity contribution in [1.29, 1.82) is 0 Å². The number of nitrogens with zero attached hydrogens (tertiary/aromatic N) is 1. The molecular formula is C21H20ClF3N2O2S. The number of nitrogens with one attached hydrogen (secondary N) is 1. The molecule has 0 saturated carbocycles. The summed E-state index contributed by atoms with van der Waals surface area (Å²) in [5.41, 5.74) is 2.24. The first-order chi connectivity index (χ1) is 14.1. The predicted octanol–water partition coefficient (Wildman–Crippen LogP) is 5.51. The number of anilines is 1. The highest BCUT2D eigenvalue weighted by Crippen LogP contribution is 2.36. The smallest absolute Gasteiger partial charge is 0.382 e. The number of rotatable bonds is 4. The summed E-state index contributed by atoms with van der Waals surface area (Å²) < 4.78 is 64.6. The zero-order chi connectivity index (χ0) is 21.5. The minimum atomic E-state index is -4.38. The molecule has 0 spiro atoms. The van der Waals surface area contributed by atoms with Crippen LogP contribution in [-0.2, 0) is 16.4 Å². The van der Waals surface area contributed by atoms with Crippen molar-refractivity contribution in [2.24, 2.45) is 0 Å². The highest BCUT2D eigenvalue weighted by molar-refractivity contribution is 7.91. The summed E-state index contributed by atoms with van der Waals surface area (Å²) in [6.07, 6.45) is -3.42. The Morgan fingerprint density at radius 1 is 1.07 bits per heavy atom. The second-order valence-corrected chi connectivity index (χ2v) is 10.3. The number of fused-ring (bicyclic) bond motifs is 1. The molecule has 4 rings (SSSR count). The van der Waals surface area contributed by atoms with Crippen molar-refractivity contribution >= 4 is 38.0 Å². The standard InChI is InChI=1S/C21H20ClF3N2O2S/c22-15-6-4-14(5-7-15)20-12-17-18(26-16-8-10-30(28,29)11-9-16)2-1-3-19(17)27(20)13-21(23,24)25/h1-7,12,16,26H,8-11,13H2. The third-order valence-corrected chi connectivity index (χ3v) is 7.30. The lowest BCUT2D eigenvalue weighted by molar-refractivity contribution is -0.139. The summed E-state index contributed by atoms with van der Waals surface area (Å²) in [6.45, 7) is -1.11. The molecule has 1 fully saturated rings. The largest absolute Gasteiger partial charge is 0.406 e. The maximum atomic E-state index is 13.3. The summed E-state index contributed by atoms with van der Waals surface area (Å²) in [4.78, 5) is 0. The zero-order valence-corrected chi connectivity index (χ0v) is 17.5. The molecule has 1 saturated heterocycles. The Morgan fingerprint density at radius 2 is 1.73 bits per heavy atom. The van der Waals surface area contributed by atoms with Crippen molar-refractivity contribution in [3.05, 3.63) is 53.6 Å². The molecule has 4 nitrogen and oxygen atoms in total. The van der Waals surface area contributed by atoms with Gasteiger partial charge in [-0.25, -0.2) is 8.42 Å². The van der Waals surface area contributed by atoms with Gasteiger partial charge in [0, 0.05) is 27.8 Å². The van der Waals surface area contributed by atoms with Gasteiger partial charge in [-0.2, -0.15) is 13.2 Å². The molecule has 0 amide bonds. The van der Waals surface area contributed by atoms with Crippen LogP contribution in [0.25, 0.3) is 22.2 Å². The number of halogens is 4. The maximum absolute atomic E-state index is 13.3. The van der Waals surface area contributed by atoms with Gasteiger partial charge in [0.05, 0.1) is 17.0 Å². The third kappa shape index (κ3) is 4.59.